The highest BCUT2D eigenvalue weighted by Gasteiger charge is 2.02. The van der Waals surface area contributed by atoms with Crippen LogP contribution in [0, 0.1) is 0 Å². The van der Waals surface area contributed by atoms with Gasteiger partial charge in [0, 0.05) is 0 Å². The number of aliphatic hydroxyl groups is 1. The van der Waals surface area contributed by atoms with Crippen molar-refractivity contribution >= 4 is 0 Å². The highest BCUT2D eigenvalue weighted by Crippen LogP contribution is 2.10. The number of hydrogen-bond acceptors (Lipinski definition) is 2. The van der Waals surface area contributed by atoms with E-state index in [0.717, 1.165) is 24.8 Å². The number of hydrogen-bond donors (Lipinski definition) is 1. The topological polar surface area (TPSA) is 29.5 Å². The van der Waals surface area contributed by atoms with E-state index < -0.39 is 6.10 Å². The molecular formula is C17H24O2. The third-order valence-electron chi connectivity index (χ3n) is 2.90. The van der Waals surface area contributed by atoms with Crippen molar-refractivity contribution in [2.24, 2.45) is 0 Å². The quantitative estimate of drug-likeness (QED) is 0.568. The monoisotopic (exact) mass is 260 g/mol. The molecule has 0 aliphatic rings. The Morgan fingerprint density at radius 3 is 2.74 bits per heavy atom. The fourth-order valence-corrected chi connectivity index (χ4v) is 1.75. The van der Waals surface area contributed by atoms with Crippen LogP contribution in [0.25, 0.3) is 0 Å². The average Bonchev–Trinajstić information content (AvgIpc) is 2.42. The minimum absolute atomic E-state index is 0.420. The maximum Gasteiger partial charge on any atom is 0.0795 e. The van der Waals surface area contributed by atoms with Crippen LogP contribution in [0.5, 0.6) is 0 Å². The van der Waals surface area contributed by atoms with Gasteiger partial charge in [0.15, 0.2) is 0 Å². The Kier molecular flexibility index (Phi) is 7.92. The molecule has 1 rings (SSSR count). The van der Waals surface area contributed by atoms with Crippen molar-refractivity contribution < 1.29 is 9.84 Å². The van der Waals surface area contributed by atoms with E-state index in [1.54, 1.807) is 6.92 Å². The van der Waals surface area contributed by atoms with Crippen LogP contribution >= 0.6 is 0 Å². The van der Waals surface area contributed by atoms with Gasteiger partial charge in [0.1, 0.15) is 0 Å². The number of rotatable bonds is 8. The largest absolute Gasteiger partial charge is 0.388 e. The molecule has 1 atom stereocenters. The molecule has 0 aromatic heterocycles. The summed E-state index contributed by atoms with van der Waals surface area (Å²) in [4.78, 5) is 0. The molecule has 0 aliphatic heterocycles. The normalized spacial score (nSPS) is 11.7. The van der Waals surface area contributed by atoms with Gasteiger partial charge >= 0.3 is 0 Å². The lowest BCUT2D eigenvalue weighted by molar-refractivity contribution is 0.148. The van der Waals surface area contributed by atoms with Crippen molar-refractivity contribution in [1.82, 2.24) is 0 Å². The van der Waals surface area contributed by atoms with Crippen molar-refractivity contribution in [2.45, 2.75) is 45.8 Å². The molecule has 1 aromatic rings. The summed E-state index contributed by atoms with van der Waals surface area (Å²) in [5.41, 5.74) is 5.29. The van der Waals surface area contributed by atoms with Gasteiger partial charge in [-0.15, -0.1) is 5.73 Å². The molecular weight excluding hydrogens is 236 g/mol. The van der Waals surface area contributed by atoms with Gasteiger partial charge in [0.05, 0.1) is 19.3 Å². The van der Waals surface area contributed by atoms with E-state index in [9.17, 15) is 5.11 Å². The second kappa shape index (κ2) is 9.57. The number of ether oxygens (including phenoxy) is 1. The third-order valence-corrected chi connectivity index (χ3v) is 2.90. The molecule has 1 aromatic carbocycles. The van der Waals surface area contributed by atoms with Gasteiger partial charge in [0.25, 0.3) is 0 Å². The van der Waals surface area contributed by atoms with E-state index in [0.29, 0.717) is 13.2 Å². The molecule has 0 bridgehead atoms. The summed E-state index contributed by atoms with van der Waals surface area (Å²) < 4.78 is 5.54. The Morgan fingerprint density at radius 1 is 1.37 bits per heavy atom. The van der Waals surface area contributed by atoms with Crippen LogP contribution in [-0.2, 0) is 11.3 Å². The zero-order chi connectivity index (χ0) is 13.9. The maximum absolute atomic E-state index is 9.61. The molecule has 0 unspecified atom stereocenters. The van der Waals surface area contributed by atoms with Crippen LogP contribution in [0.3, 0.4) is 0 Å². The van der Waals surface area contributed by atoms with Crippen molar-refractivity contribution in [2.75, 3.05) is 6.61 Å². The Morgan fingerprint density at radius 2 is 2.11 bits per heavy atom. The minimum Gasteiger partial charge on any atom is -0.388 e. The Bertz CT molecular complexity index is 401. The first-order chi connectivity index (χ1) is 9.24. The van der Waals surface area contributed by atoms with Crippen molar-refractivity contribution in [3.63, 3.8) is 0 Å². The SMILES string of the molecule is CCCCC(=C=CCOCc1ccccc1)[C@H](C)O. The average molecular weight is 260 g/mol. The van der Waals surface area contributed by atoms with Crippen molar-refractivity contribution in [3.05, 3.63) is 53.3 Å². The van der Waals surface area contributed by atoms with Gasteiger partial charge in [-0.2, -0.15) is 0 Å². The first-order valence-corrected chi connectivity index (χ1v) is 6.97. The smallest absolute Gasteiger partial charge is 0.0795 e. The van der Waals surface area contributed by atoms with E-state index in [-0.39, 0.29) is 0 Å². The standard InChI is InChI=1S/C17H24O2/c1-3-4-11-17(15(2)18)12-8-13-19-14-16-9-6-5-7-10-16/h5-10,15,18H,3-4,11,13-14H2,1-2H3/t12?,15-/m0/s1. The molecule has 19 heavy (non-hydrogen) atoms. The second-order valence-corrected chi connectivity index (χ2v) is 4.65. The molecule has 2 heteroatoms. The minimum atomic E-state index is -0.420. The fourth-order valence-electron chi connectivity index (χ4n) is 1.75. The van der Waals surface area contributed by atoms with E-state index in [2.05, 4.69) is 12.7 Å². The van der Waals surface area contributed by atoms with Gasteiger partial charge < -0.3 is 9.84 Å². The lowest BCUT2D eigenvalue weighted by atomic mass is 10.1. The number of benzene rings is 1. The summed E-state index contributed by atoms with van der Waals surface area (Å²) in [6.45, 7) is 5.07. The highest BCUT2D eigenvalue weighted by molar-refractivity contribution is 5.13. The van der Waals surface area contributed by atoms with Gasteiger partial charge in [-0.1, -0.05) is 43.7 Å². The van der Waals surface area contributed by atoms with Gasteiger partial charge in [0.2, 0.25) is 0 Å². The fraction of sp³-hybridized carbons (Fsp3) is 0.471. The molecule has 0 radical (unpaired) electrons. The van der Waals surface area contributed by atoms with Crippen LogP contribution in [0.4, 0.5) is 0 Å². The first-order valence-electron chi connectivity index (χ1n) is 6.97. The predicted molar refractivity (Wildman–Crippen MR) is 78.9 cm³/mol. The summed E-state index contributed by atoms with van der Waals surface area (Å²) >= 11 is 0. The lowest BCUT2D eigenvalue weighted by Gasteiger charge is -2.06. The summed E-state index contributed by atoms with van der Waals surface area (Å²) in [7, 11) is 0. The van der Waals surface area contributed by atoms with E-state index in [1.165, 1.54) is 5.56 Å². The molecule has 0 saturated heterocycles. The highest BCUT2D eigenvalue weighted by atomic mass is 16.5. The molecule has 0 heterocycles. The third kappa shape index (κ3) is 6.97. The van der Waals surface area contributed by atoms with Crippen LogP contribution in [0.15, 0.2) is 47.7 Å². The Hall–Kier alpha value is -1.34. The molecule has 0 aliphatic carbocycles. The zero-order valence-corrected chi connectivity index (χ0v) is 11.9. The van der Waals surface area contributed by atoms with Crippen molar-refractivity contribution in [1.29, 1.82) is 0 Å². The Balaban J connectivity index is 2.38. The summed E-state index contributed by atoms with van der Waals surface area (Å²) in [6, 6.07) is 10.1. The lowest BCUT2D eigenvalue weighted by Crippen LogP contribution is -2.03. The molecule has 2 nitrogen and oxygen atoms in total. The van der Waals surface area contributed by atoms with Crippen LogP contribution in [0.1, 0.15) is 38.7 Å². The van der Waals surface area contributed by atoms with Crippen LogP contribution in [-0.4, -0.2) is 17.8 Å². The van der Waals surface area contributed by atoms with Crippen LogP contribution < -0.4 is 0 Å². The van der Waals surface area contributed by atoms with E-state index in [4.69, 9.17) is 4.74 Å². The maximum atomic E-state index is 9.61. The molecule has 1 N–H and O–H groups in total. The van der Waals surface area contributed by atoms with Crippen LogP contribution in [0.2, 0.25) is 0 Å². The Labute approximate surface area is 116 Å². The zero-order valence-electron chi connectivity index (χ0n) is 11.9. The molecule has 104 valence electrons. The van der Waals surface area contributed by atoms with Crippen molar-refractivity contribution in [3.8, 4) is 0 Å². The second-order valence-electron chi connectivity index (χ2n) is 4.65. The van der Waals surface area contributed by atoms with E-state index >= 15 is 0 Å². The van der Waals surface area contributed by atoms with Gasteiger partial charge in [-0.05, 0) is 37.0 Å². The predicted octanol–water partition coefficient (Wildman–Crippen LogP) is 3.86. The molecule has 0 saturated carbocycles. The summed E-state index contributed by atoms with van der Waals surface area (Å²) in [5, 5.41) is 9.61. The number of aliphatic hydroxyl groups excluding tert-OH is 1. The first kappa shape index (κ1) is 15.7. The summed E-state index contributed by atoms with van der Waals surface area (Å²) in [5.74, 6) is 0. The van der Waals surface area contributed by atoms with E-state index in [1.807, 2.05) is 36.4 Å². The molecule has 0 spiro atoms. The van der Waals surface area contributed by atoms with Gasteiger partial charge in [-0.25, -0.2) is 0 Å². The van der Waals surface area contributed by atoms with Gasteiger partial charge in [-0.3, -0.25) is 0 Å². The molecule has 0 fully saturated rings. The molecule has 0 amide bonds. The number of unbranched alkanes of at least 4 members (excludes halogenated alkanes) is 1. The summed E-state index contributed by atoms with van der Waals surface area (Å²) in [6.07, 6.45) is 4.56.